The fourth-order valence-corrected chi connectivity index (χ4v) is 2.32. The molecule has 0 heterocycles. The minimum atomic E-state index is -0.614. The van der Waals surface area contributed by atoms with Crippen LogP contribution >= 0.6 is 0 Å². The van der Waals surface area contributed by atoms with E-state index in [4.69, 9.17) is 15.2 Å². The molecule has 152 valence electrons. The van der Waals surface area contributed by atoms with E-state index >= 15 is 0 Å². The molecule has 0 unspecified atom stereocenters. The Morgan fingerprint density at radius 3 is 2.62 bits per heavy atom. The Labute approximate surface area is 166 Å². The number of benzene rings is 2. The van der Waals surface area contributed by atoms with Gasteiger partial charge in [-0.05, 0) is 43.7 Å². The molecular formula is C19H20N4O6. The summed E-state index contributed by atoms with van der Waals surface area (Å²) in [7, 11) is 0. The van der Waals surface area contributed by atoms with Gasteiger partial charge in [0.1, 0.15) is 0 Å². The van der Waals surface area contributed by atoms with Crippen LogP contribution in [0.5, 0.6) is 11.5 Å². The van der Waals surface area contributed by atoms with Gasteiger partial charge in [-0.15, -0.1) is 0 Å². The number of nitro groups is 1. The van der Waals surface area contributed by atoms with Crippen LogP contribution in [-0.4, -0.2) is 36.2 Å². The summed E-state index contributed by atoms with van der Waals surface area (Å²) in [6.07, 6.45) is 1.38. The topological polar surface area (TPSA) is 146 Å². The third kappa shape index (κ3) is 6.03. The van der Waals surface area contributed by atoms with Crippen LogP contribution in [0.15, 0.2) is 41.5 Å². The van der Waals surface area contributed by atoms with Crippen molar-refractivity contribution in [3.63, 3.8) is 0 Å². The zero-order valence-corrected chi connectivity index (χ0v) is 15.9. The molecule has 2 rings (SSSR count). The minimum absolute atomic E-state index is 0.115. The molecule has 0 aromatic heterocycles. The van der Waals surface area contributed by atoms with Crippen LogP contribution in [0, 0.1) is 17.0 Å². The molecule has 3 N–H and O–H groups in total. The van der Waals surface area contributed by atoms with Crippen molar-refractivity contribution >= 4 is 23.7 Å². The van der Waals surface area contributed by atoms with E-state index in [1.165, 1.54) is 24.4 Å². The number of nitro benzene ring substituents is 1. The summed E-state index contributed by atoms with van der Waals surface area (Å²) in [5, 5.41) is 14.8. The van der Waals surface area contributed by atoms with Gasteiger partial charge in [-0.3, -0.25) is 19.7 Å². The molecule has 10 nitrogen and oxygen atoms in total. The van der Waals surface area contributed by atoms with Gasteiger partial charge < -0.3 is 15.2 Å². The predicted octanol–water partition coefficient (Wildman–Crippen LogP) is 1.93. The lowest BCUT2D eigenvalue weighted by Crippen LogP contribution is -2.20. The highest BCUT2D eigenvalue weighted by Crippen LogP contribution is 2.28. The van der Waals surface area contributed by atoms with Gasteiger partial charge in [-0.2, -0.15) is 5.10 Å². The molecule has 2 amide bonds. The van der Waals surface area contributed by atoms with Gasteiger partial charge in [0.05, 0.1) is 17.7 Å². The van der Waals surface area contributed by atoms with Gasteiger partial charge >= 0.3 is 0 Å². The first-order valence-corrected chi connectivity index (χ1v) is 8.58. The summed E-state index contributed by atoms with van der Waals surface area (Å²) in [4.78, 5) is 33.5. The van der Waals surface area contributed by atoms with Crippen molar-refractivity contribution in [1.82, 2.24) is 5.43 Å². The van der Waals surface area contributed by atoms with Gasteiger partial charge in [0, 0.05) is 17.2 Å². The molecule has 2 aromatic carbocycles. The van der Waals surface area contributed by atoms with Gasteiger partial charge in [0.15, 0.2) is 18.1 Å². The number of ether oxygens (including phenoxy) is 2. The Morgan fingerprint density at radius 1 is 1.21 bits per heavy atom. The molecule has 10 heteroatoms. The Hall–Kier alpha value is -3.95. The largest absolute Gasteiger partial charge is 0.490 e. The van der Waals surface area contributed by atoms with Crippen LogP contribution in [-0.2, 0) is 4.79 Å². The van der Waals surface area contributed by atoms with E-state index in [1.54, 1.807) is 32.0 Å². The van der Waals surface area contributed by atoms with Gasteiger partial charge in [0.2, 0.25) is 0 Å². The molecule has 0 bridgehead atoms. The zero-order chi connectivity index (χ0) is 21.4. The van der Waals surface area contributed by atoms with Gasteiger partial charge in [-0.1, -0.05) is 6.07 Å². The average molecular weight is 400 g/mol. The molecular weight excluding hydrogens is 380 g/mol. The smallest absolute Gasteiger partial charge is 0.273 e. The first-order valence-electron chi connectivity index (χ1n) is 8.58. The van der Waals surface area contributed by atoms with Crippen molar-refractivity contribution in [3.05, 3.63) is 63.2 Å². The van der Waals surface area contributed by atoms with E-state index in [9.17, 15) is 19.7 Å². The quantitative estimate of drug-likeness (QED) is 0.373. The number of hydrogen-bond acceptors (Lipinski definition) is 7. The molecule has 29 heavy (non-hydrogen) atoms. The molecule has 0 aliphatic rings. The third-order valence-electron chi connectivity index (χ3n) is 3.69. The molecule has 0 atom stereocenters. The zero-order valence-electron chi connectivity index (χ0n) is 15.9. The van der Waals surface area contributed by atoms with E-state index in [2.05, 4.69) is 10.5 Å². The molecule has 0 saturated heterocycles. The summed E-state index contributed by atoms with van der Waals surface area (Å²) in [5.74, 6) is -0.468. The molecule has 0 fully saturated rings. The second-order valence-corrected chi connectivity index (χ2v) is 5.85. The summed E-state index contributed by atoms with van der Waals surface area (Å²) in [6.45, 7) is 3.47. The van der Waals surface area contributed by atoms with Crippen LogP contribution in [0.4, 0.5) is 5.69 Å². The maximum atomic E-state index is 12.2. The highest BCUT2D eigenvalue weighted by Gasteiger charge is 2.14. The number of hydrogen-bond donors (Lipinski definition) is 2. The van der Waals surface area contributed by atoms with E-state index in [0.29, 0.717) is 29.2 Å². The fourth-order valence-electron chi connectivity index (χ4n) is 2.32. The highest BCUT2D eigenvalue weighted by molar-refractivity contribution is 5.95. The van der Waals surface area contributed by atoms with Crippen molar-refractivity contribution in [2.24, 2.45) is 10.8 Å². The Morgan fingerprint density at radius 2 is 1.97 bits per heavy atom. The Bertz CT molecular complexity index is 958. The van der Waals surface area contributed by atoms with E-state index < -0.39 is 16.7 Å². The maximum Gasteiger partial charge on any atom is 0.273 e. The molecule has 0 saturated carbocycles. The molecule has 2 aromatic rings. The molecule has 0 aliphatic heterocycles. The number of aryl methyl sites for hydroxylation is 1. The van der Waals surface area contributed by atoms with Crippen LogP contribution in [0.1, 0.15) is 28.4 Å². The normalized spacial score (nSPS) is 10.6. The summed E-state index contributed by atoms with van der Waals surface area (Å²) >= 11 is 0. The van der Waals surface area contributed by atoms with E-state index in [1.807, 2.05) is 0 Å². The SMILES string of the molecule is CCOc1cc(/C=N\NC(=O)c2ccc(C)c([N+](=O)[O-])c2)ccc1OCC(N)=O. The van der Waals surface area contributed by atoms with Crippen molar-refractivity contribution < 1.29 is 24.0 Å². The number of carbonyl (C=O) groups excluding carboxylic acids is 2. The van der Waals surface area contributed by atoms with E-state index in [-0.39, 0.29) is 17.9 Å². The van der Waals surface area contributed by atoms with Crippen molar-refractivity contribution in [2.75, 3.05) is 13.2 Å². The Balaban J connectivity index is 2.10. The Kier molecular flexibility index (Phi) is 7.24. The van der Waals surface area contributed by atoms with Gasteiger partial charge in [-0.25, -0.2) is 5.43 Å². The first kappa shape index (κ1) is 21.4. The highest BCUT2D eigenvalue weighted by atomic mass is 16.6. The van der Waals surface area contributed by atoms with E-state index in [0.717, 1.165) is 0 Å². The number of rotatable bonds is 9. The lowest BCUT2D eigenvalue weighted by molar-refractivity contribution is -0.385. The standard InChI is InChI=1S/C19H20N4O6/c1-3-28-17-8-13(5-7-16(17)29-11-18(20)24)10-21-22-19(25)14-6-4-12(2)15(9-14)23(26)27/h4-10H,3,11H2,1-2H3,(H2,20,24)(H,22,25)/b21-10-. The van der Waals surface area contributed by atoms with Gasteiger partial charge in [0.25, 0.3) is 17.5 Å². The number of carbonyl (C=O) groups is 2. The first-order chi connectivity index (χ1) is 13.8. The second-order valence-electron chi connectivity index (χ2n) is 5.85. The summed E-state index contributed by atoms with van der Waals surface area (Å²) in [6, 6.07) is 9.01. The molecule has 0 radical (unpaired) electrons. The molecule has 0 spiro atoms. The van der Waals surface area contributed by atoms with Crippen molar-refractivity contribution in [3.8, 4) is 11.5 Å². The van der Waals surface area contributed by atoms with Crippen LogP contribution in [0.25, 0.3) is 0 Å². The molecule has 0 aliphatic carbocycles. The number of hydrazone groups is 1. The number of nitrogens with zero attached hydrogens (tertiary/aromatic N) is 2. The van der Waals surface area contributed by atoms with Crippen LogP contribution in [0.3, 0.4) is 0 Å². The number of nitrogens with one attached hydrogen (secondary N) is 1. The number of amides is 2. The fraction of sp³-hybridized carbons (Fsp3) is 0.211. The second kappa shape index (κ2) is 9.83. The van der Waals surface area contributed by atoms with Crippen molar-refractivity contribution in [2.45, 2.75) is 13.8 Å². The number of nitrogens with two attached hydrogens (primary N) is 1. The lowest BCUT2D eigenvalue weighted by atomic mass is 10.1. The van der Waals surface area contributed by atoms with Crippen LogP contribution in [0.2, 0.25) is 0 Å². The maximum absolute atomic E-state index is 12.2. The summed E-state index contributed by atoms with van der Waals surface area (Å²) < 4.78 is 10.7. The average Bonchev–Trinajstić information content (AvgIpc) is 2.67. The third-order valence-corrected chi connectivity index (χ3v) is 3.69. The number of primary amides is 1. The predicted molar refractivity (Wildman–Crippen MR) is 105 cm³/mol. The minimum Gasteiger partial charge on any atom is -0.490 e. The van der Waals surface area contributed by atoms with Crippen molar-refractivity contribution in [1.29, 1.82) is 0 Å². The monoisotopic (exact) mass is 400 g/mol. The lowest BCUT2D eigenvalue weighted by Gasteiger charge is -2.11. The summed E-state index contributed by atoms with van der Waals surface area (Å²) in [5.41, 5.74) is 8.40. The van der Waals surface area contributed by atoms with Crippen LogP contribution < -0.4 is 20.6 Å².